The van der Waals surface area contributed by atoms with E-state index in [0.29, 0.717) is 19.1 Å². The van der Waals surface area contributed by atoms with Gasteiger partial charge in [-0.15, -0.1) is 0 Å². The lowest BCUT2D eigenvalue weighted by Crippen LogP contribution is -2.40. The third-order valence-electron chi connectivity index (χ3n) is 5.90. The molecule has 0 spiro atoms. The first kappa shape index (κ1) is 26.1. The van der Waals surface area contributed by atoms with E-state index >= 15 is 0 Å². The predicted octanol–water partition coefficient (Wildman–Crippen LogP) is 6.50. The lowest BCUT2D eigenvalue weighted by molar-refractivity contribution is -0.120. The molecule has 32 heavy (non-hydrogen) atoms. The summed E-state index contributed by atoms with van der Waals surface area (Å²) in [5, 5.41) is 6.42. The molecule has 3 nitrogen and oxygen atoms in total. The Morgan fingerprint density at radius 2 is 1.53 bits per heavy atom. The van der Waals surface area contributed by atoms with E-state index in [1.165, 1.54) is 61.8 Å². The molecule has 1 amide bonds. The Kier molecular flexibility index (Phi) is 12.0. The number of nitrogens with one attached hydrogen (secondary N) is 2. The summed E-state index contributed by atoms with van der Waals surface area (Å²) in [6.45, 7) is 7.40. The Morgan fingerprint density at radius 1 is 0.969 bits per heavy atom. The molecule has 1 aliphatic rings. The molecular weight excluding hydrogens is 399 g/mol. The van der Waals surface area contributed by atoms with Crippen LogP contribution in [0.4, 0.5) is 4.39 Å². The highest BCUT2D eigenvalue weighted by Gasteiger charge is 2.16. The topological polar surface area (TPSA) is 41.1 Å². The minimum absolute atomic E-state index is 0.0734. The fraction of sp³-hybridized carbons (Fsp3) is 0.536. The molecule has 0 radical (unpaired) electrons. The van der Waals surface area contributed by atoms with Crippen LogP contribution in [0.1, 0.15) is 87.8 Å². The van der Waals surface area contributed by atoms with E-state index in [1.54, 1.807) is 0 Å². The molecule has 1 fully saturated rings. The number of carbonyl (C=O) groups excluding carboxylic acids is 1. The second-order valence-electron chi connectivity index (χ2n) is 8.93. The van der Waals surface area contributed by atoms with Crippen molar-refractivity contribution < 1.29 is 9.18 Å². The maximum absolute atomic E-state index is 13.4. The van der Waals surface area contributed by atoms with Crippen molar-refractivity contribution in [3.05, 3.63) is 71.0 Å². The molecule has 0 bridgehead atoms. The fourth-order valence-corrected chi connectivity index (χ4v) is 4.16. The van der Waals surface area contributed by atoms with Gasteiger partial charge in [0.25, 0.3) is 0 Å². The quantitative estimate of drug-likeness (QED) is 0.437. The molecule has 0 aromatic heterocycles. The van der Waals surface area contributed by atoms with Crippen molar-refractivity contribution in [2.75, 3.05) is 13.1 Å². The minimum Gasteiger partial charge on any atom is -0.355 e. The molecule has 3 rings (SSSR count). The van der Waals surface area contributed by atoms with Gasteiger partial charge in [-0.3, -0.25) is 4.79 Å². The summed E-state index contributed by atoms with van der Waals surface area (Å²) >= 11 is 0. The summed E-state index contributed by atoms with van der Waals surface area (Å²) in [7, 11) is 0. The van der Waals surface area contributed by atoms with E-state index in [4.69, 9.17) is 0 Å². The summed E-state index contributed by atoms with van der Waals surface area (Å²) in [5.74, 6) is 0.0619. The Labute approximate surface area is 194 Å². The zero-order valence-corrected chi connectivity index (χ0v) is 20.1. The molecule has 2 aromatic rings. The molecule has 2 aromatic carbocycles. The number of hydrogen-bond donors (Lipinski definition) is 2. The van der Waals surface area contributed by atoms with Crippen molar-refractivity contribution >= 4 is 5.91 Å². The van der Waals surface area contributed by atoms with Crippen LogP contribution in [0.5, 0.6) is 0 Å². The van der Waals surface area contributed by atoms with Gasteiger partial charge >= 0.3 is 0 Å². The van der Waals surface area contributed by atoms with E-state index in [-0.39, 0.29) is 17.6 Å². The normalized spacial score (nSPS) is 14.9. The average molecular weight is 441 g/mol. The summed E-state index contributed by atoms with van der Waals surface area (Å²) in [6, 6.07) is 15.8. The van der Waals surface area contributed by atoms with E-state index in [2.05, 4.69) is 55.7 Å². The van der Waals surface area contributed by atoms with E-state index in [0.717, 1.165) is 18.4 Å². The van der Waals surface area contributed by atoms with Crippen molar-refractivity contribution in [1.82, 2.24) is 10.6 Å². The first-order chi connectivity index (χ1) is 15.5. The van der Waals surface area contributed by atoms with Gasteiger partial charge in [0.1, 0.15) is 5.82 Å². The highest BCUT2D eigenvalue weighted by molar-refractivity contribution is 5.77. The van der Waals surface area contributed by atoms with Crippen LogP contribution in [-0.4, -0.2) is 25.0 Å². The van der Waals surface area contributed by atoms with Gasteiger partial charge in [0.05, 0.1) is 6.54 Å². The first-order valence-electron chi connectivity index (χ1n) is 12.4. The van der Waals surface area contributed by atoms with Gasteiger partial charge in [-0.2, -0.15) is 0 Å². The number of amides is 1. The second kappa shape index (κ2) is 14.8. The Bertz CT molecular complexity index is 722. The number of benzene rings is 2. The molecule has 2 N–H and O–H groups in total. The first-order valence-corrected chi connectivity index (χ1v) is 12.4. The third-order valence-corrected chi connectivity index (χ3v) is 5.90. The smallest absolute Gasteiger partial charge is 0.233 e. The average Bonchev–Trinajstić information content (AvgIpc) is 2.81. The zero-order valence-electron chi connectivity index (χ0n) is 20.1. The lowest BCUT2D eigenvalue weighted by Gasteiger charge is -2.22. The van der Waals surface area contributed by atoms with Crippen LogP contribution in [0.25, 0.3) is 0 Å². The number of carbonyl (C=O) groups is 1. The van der Waals surface area contributed by atoms with Crippen molar-refractivity contribution in [2.45, 2.75) is 84.1 Å². The van der Waals surface area contributed by atoms with E-state index < -0.39 is 0 Å². The van der Waals surface area contributed by atoms with Crippen LogP contribution in [0.3, 0.4) is 0 Å². The number of halogens is 1. The van der Waals surface area contributed by atoms with Gasteiger partial charge in [0.15, 0.2) is 0 Å². The van der Waals surface area contributed by atoms with Crippen LogP contribution in [0.15, 0.2) is 48.5 Å². The molecule has 0 heterocycles. The van der Waals surface area contributed by atoms with E-state index in [9.17, 15) is 9.18 Å². The van der Waals surface area contributed by atoms with Gasteiger partial charge < -0.3 is 10.6 Å². The van der Waals surface area contributed by atoms with Gasteiger partial charge in [0, 0.05) is 18.5 Å². The summed E-state index contributed by atoms with van der Waals surface area (Å²) in [4.78, 5) is 12.1. The molecule has 1 atom stereocenters. The van der Waals surface area contributed by atoms with Crippen molar-refractivity contribution in [3.8, 4) is 0 Å². The molecule has 1 unspecified atom stereocenters. The Morgan fingerprint density at radius 3 is 2.12 bits per heavy atom. The molecule has 1 saturated carbocycles. The molecule has 0 aliphatic heterocycles. The third kappa shape index (κ3) is 9.52. The van der Waals surface area contributed by atoms with Gasteiger partial charge in [-0.1, -0.05) is 81.5 Å². The van der Waals surface area contributed by atoms with Crippen molar-refractivity contribution in [2.24, 2.45) is 0 Å². The Balaban J connectivity index is 0.00000114. The van der Waals surface area contributed by atoms with Crippen LogP contribution >= 0.6 is 0 Å². The maximum atomic E-state index is 13.4. The summed E-state index contributed by atoms with van der Waals surface area (Å²) < 4.78 is 13.4. The van der Waals surface area contributed by atoms with Crippen LogP contribution < -0.4 is 10.6 Å². The highest BCUT2D eigenvalue weighted by Crippen LogP contribution is 2.29. The maximum Gasteiger partial charge on any atom is 0.233 e. The van der Waals surface area contributed by atoms with E-state index in [1.807, 2.05) is 12.1 Å². The highest BCUT2D eigenvalue weighted by atomic mass is 19.1. The van der Waals surface area contributed by atoms with Crippen LogP contribution in [0, 0.1) is 12.7 Å². The molecule has 1 aliphatic carbocycles. The zero-order chi connectivity index (χ0) is 23.2. The van der Waals surface area contributed by atoms with Crippen LogP contribution in [-0.2, 0) is 4.79 Å². The SMILES string of the molecule is CCC.Cc1ccc(C(CCCNC(=O)CNC2CCCCC2)c2ccc(F)cc2)cc1. The summed E-state index contributed by atoms with van der Waals surface area (Å²) in [6.07, 6.45) is 9.26. The van der Waals surface area contributed by atoms with Gasteiger partial charge in [-0.05, 0) is 55.9 Å². The standard InChI is InChI=1S/C25H33FN2O.C3H8/c1-19-9-11-20(12-10-19)24(21-13-15-22(26)16-14-21)8-5-17-27-25(29)18-28-23-6-3-2-4-7-23;1-3-2/h9-16,23-24,28H,2-8,17-18H2,1H3,(H,27,29);3H2,1-2H3. The van der Waals surface area contributed by atoms with Crippen molar-refractivity contribution in [1.29, 1.82) is 0 Å². The molecule has 176 valence electrons. The summed E-state index contributed by atoms with van der Waals surface area (Å²) in [5.41, 5.74) is 3.57. The molecule has 0 saturated heterocycles. The van der Waals surface area contributed by atoms with Gasteiger partial charge in [0.2, 0.25) is 5.91 Å². The fourth-order valence-electron chi connectivity index (χ4n) is 4.16. The second-order valence-corrected chi connectivity index (χ2v) is 8.93. The molecular formula is C28H41FN2O. The molecule has 4 heteroatoms. The van der Waals surface area contributed by atoms with Gasteiger partial charge in [-0.25, -0.2) is 4.39 Å². The number of rotatable bonds is 9. The largest absolute Gasteiger partial charge is 0.355 e. The minimum atomic E-state index is -0.214. The van der Waals surface area contributed by atoms with Crippen molar-refractivity contribution in [3.63, 3.8) is 0 Å². The number of hydrogen-bond acceptors (Lipinski definition) is 2. The Hall–Kier alpha value is -2.20. The van der Waals surface area contributed by atoms with Crippen LogP contribution in [0.2, 0.25) is 0 Å². The number of aryl methyl sites for hydroxylation is 1. The predicted molar refractivity (Wildman–Crippen MR) is 133 cm³/mol. The lowest BCUT2D eigenvalue weighted by atomic mass is 9.87. The monoisotopic (exact) mass is 440 g/mol.